The van der Waals surface area contributed by atoms with E-state index in [2.05, 4.69) is 5.10 Å². The van der Waals surface area contributed by atoms with E-state index in [1.807, 2.05) is 0 Å². The minimum Gasteiger partial charge on any atom is -0.384 e. The molecular weight excluding hydrogens is 185 g/mol. The van der Waals surface area contributed by atoms with Gasteiger partial charge in [0, 0.05) is 6.07 Å². The van der Waals surface area contributed by atoms with Gasteiger partial charge in [-0.15, -0.1) is 0 Å². The van der Waals surface area contributed by atoms with E-state index in [0.29, 0.717) is 6.07 Å². The van der Waals surface area contributed by atoms with Crippen molar-refractivity contribution in [3.05, 3.63) is 11.8 Å². The van der Waals surface area contributed by atoms with Gasteiger partial charge in [-0.25, -0.2) is 4.68 Å². The molecule has 0 amide bonds. The first-order valence-electron chi connectivity index (χ1n) is 3.22. The summed E-state index contributed by atoms with van der Waals surface area (Å²) in [6.45, 7) is -0.290. The van der Waals surface area contributed by atoms with Crippen LogP contribution in [0.4, 0.5) is 19.0 Å². The quantitative estimate of drug-likeness (QED) is 0.718. The third-order valence-corrected chi connectivity index (χ3v) is 1.32. The average Bonchev–Trinajstić information content (AvgIpc) is 2.32. The summed E-state index contributed by atoms with van der Waals surface area (Å²) in [5.41, 5.74) is 4.09. The van der Waals surface area contributed by atoms with Crippen LogP contribution >= 0.6 is 0 Å². The highest BCUT2D eigenvalue weighted by molar-refractivity contribution is 5.32. The van der Waals surface area contributed by atoms with Crippen LogP contribution in [0.5, 0.6) is 0 Å². The predicted molar refractivity (Wildman–Crippen MR) is 37.3 cm³/mol. The normalized spacial score (nSPS) is 11.2. The molecule has 2 N–H and O–H groups in total. The summed E-state index contributed by atoms with van der Waals surface area (Å²) >= 11 is 0. The zero-order valence-electron chi connectivity index (χ0n) is 6.34. The maximum absolute atomic E-state index is 12.0. The molecule has 4 nitrogen and oxygen atoms in total. The summed E-state index contributed by atoms with van der Waals surface area (Å²) in [7, 11) is 0. The van der Waals surface area contributed by atoms with Gasteiger partial charge in [0.25, 0.3) is 0 Å². The Morgan fingerprint density at radius 2 is 2.23 bits per heavy atom. The summed E-state index contributed by atoms with van der Waals surface area (Å²) in [5.74, 6) is -0.172. The summed E-state index contributed by atoms with van der Waals surface area (Å²) in [6.07, 6.45) is -4.52. The van der Waals surface area contributed by atoms with E-state index >= 15 is 0 Å². The summed E-state index contributed by atoms with van der Waals surface area (Å²) < 4.78 is 36.8. The lowest BCUT2D eigenvalue weighted by Gasteiger charge is -1.99. The number of rotatable bonds is 1. The molecule has 1 rings (SSSR count). The van der Waals surface area contributed by atoms with Crippen molar-refractivity contribution in [3.8, 4) is 6.07 Å². The van der Waals surface area contributed by atoms with Crippen LogP contribution in [0.25, 0.3) is 0 Å². The molecule has 0 fully saturated rings. The highest BCUT2D eigenvalue weighted by Crippen LogP contribution is 2.28. The topological polar surface area (TPSA) is 67.6 Å². The van der Waals surface area contributed by atoms with E-state index in [1.165, 1.54) is 0 Å². The highest BCUT2D eigenvalue weighted by atomic mass is 19.4. The Kier molecular flexibility index (Phi) is 2.14. The van der Waals surface area contributed by atoms with Crippen LogP contribution in [0.2, 0.25) is 0 Å². The van der Waals surface area contributed by atoms with E-state index in [-0.39, 0.29) is 12.4 Å². The lowest BCUT2D eigenvalue weighted by atomic mass is 10.4. The Balaban J connectivity index is 3.04. The van der Waals surface area contributed by atoms with Crippen LogP contribution in [0.15, 0.2) is 6.07 Å². The fourth-order valence-electron chi connectivity index (χ4n) is 0.763. The van der Waals surface area contributed by atoms with E-state index < -0.39 is 11.9 Å². The Morgan fingerprint density at radius 1 is 1.62 bits per heavy atom. The molecule has 0 bridgehead atoms. The number of anilines is 1. The van der Waals surface area contributed by atoms with Gasteiger partial charge in [0.15, 0.2) is 5.69 Å². The molecule has 0 unspecified atom stereocenters. The smallest absolute Gasteiger partial charge is 0.384 e. The Labute approximate surface area is 71.4 Å². The molecule has 1 aromatic rings. The Bertz CT molecular complexity index is 346. The summed E-state index contributed by atoms with van der Waals surface area (Å²) in [6, 6.07) is 2.33. The van der Waals surface area contributed by atoms with Gasteiger partial charge in [0.2, 0.25) is 0 Å². The summed E-state index contributed by atoms with van der Waals surface area (Å²) in [5, 5.41) is 11.3. The van der Waals surface area contributed by atoms with Gasteiger partial charge < -0.3 is 5.73 Å². The van der Waals surface area contributed by atoms with Crippen molar-refractivity contribution in [1.82, 2.24) is 9.78 Å². The number of aromatic nitrogens is 2. The molecule has 0 aliphatic rings. The molecule has 0 aromatic carbocycles. The first-order valence-corrected chi connectivity index (χ1v) is 3.22. The van der Waals surface area contributed by atoms with Gasteiger partial charge in [0.1, 0.15) is 12.4 Å². The van der Waals surface area contributed by atoms with Gasteiger partial charge in [-0.3, -0.25) is 0 Å². The summed E-state index contributed by atoms with van der Waals surface area (Å²) in [4.78, 5) is 0. The molecular formula is C6H5F3N4. The zero-order chi connectivity index (χ0) is 10.1. The molecule has 70 valence electrons. The third kappa shape index (κ3) is 1.90. The molecule has 7 heteroatoms. The van der Waals surface area contributed by atoms with Crippen LogP contribution in [0.3, 0.4) is 0 Å². The van der Waals surface area contributed by atoms with Crippen LogP contribution in [-0.2, 0) is 12.7 Å². The molecule has 0 saturated carbocycles. The molecule has 0 saturated heterocycles. The van der Waals surface area contributed by atoms with Crippen molar-refractivity contribution in [2.24, 2.45) is 0 Å². The second-order valence-corrected chi connectivity index (χ2v) is 2.27. The minimum atomic E-state index is -4.52. The van der Waals surface area contributed by atoms with Crippen molar-refractivity contribution in [3.63, 3.8) is 0 Å². The number of nitriles is 1. The van der Waals surface area contributed by atoms with Crippen LogP contribution in [-0.4, -0.2) is 9.78 Å². The third-order valence-electron chi connectivity index (χ3n) is 1.32. The lowest BCUT2D eigenvalue weighted by molar-refractivity contribution is -0.141. The van der Waals surface area contributed by atoms with E-state index in [0.717, 1.165) is 4.68 Å². The van der Waals surface area contributed by atoms with Gasteiger partial charge in [-0.2, -0.15) is 23.5 Å². The fourth-order valence-corrected chi connectivity index (χ4v) is 0.763. The standard InChI is InChI=1S/C6H5F3N4/c7-6(8,9)4-3-5(11)13(12-4)2-1-10/h3H,2,11H2. The molecule has 0 aliphatic carbocycles. The van der Waals surface area contributed by atoms with Gasteiger partial charge in [-0.1, -0.05) is 0 Å². The molecule has 1 heterocycles. The number of nitrogens with two attached hydrogens (primary N) is 1. The fraction of sp³-hybridized carbons (Fsp3) is 0.333. The van der Waals surface area contributed by atoms with Gasteiger partial charge in [-0.05, 0) is 0 Å². The molecule has 1 aromatic heterocycles. The number of hydrogen-bond acceptors (Lipinski definition) is 3. The number of nitrogen functional groups attached to an aromatic ring is 1. The number of nitrogens with zero attached hydrogens (tertiary/aromatic N) is 3. The number of alkyl halides is 3. The van der Waals surface area contributed by atoms with Crippen molar-refractivity contribution in [2.75, 3.05) is 5.73 Å². The Hall–Kier alpha value is -1.71. The first-order chi connectivity index (χ1) is 5.95. The molecule has 0 radical (unpaired) electrons. The second-order valence-electron chi connectivity index (χ2n) is 2.27. The number of hydrogen-bond donors (Lipinski definition) is 1. The molecule has 13 heavy (non-hydrogen) atoms. The zero-order valence-corrected chi connectivity index (χ0v) is 6.34. The maximum atomic E-state index is 12.0. The van der Waals surface area contributed by atoms with Crippen LogP contribution < -0.4 is 5.73 Å². The minimum absolute atomic E-state index is 0.172. The second kappa shape index (κ2) is 2.97. The monoisotopic (exact) mass is 190 g/mol. The first kappa shape index (κ1) is 9.38. The SMILES string of the molecule is N#CCn1nc(C(F)(F)F)cc1N. The van der Waals surface area contributed by atoms with Gasteiger partial charge in [0.05, 0.1) is 6.07 Å². The molecule has 0 atom stereocenters. The van der Waals surface area contributed by atoms with Crippen molar-refractivity contribution in [2.45, 2.75) is 12.7 Å². The van der Waals surface area contributed by atoms with E-state index in [1.54, 1.807) is 6.07 Å². The van der Waals surface area contributed by atoms with E-state index in [9.17, 15) is 13.2 Å². The number of halogens is 3. The molecule has 0 spiro atoms. The Morgan fingerprint density at radius 3 is 2.62 bits per heavy atom. The van der Waals surface area contributed by atoms with Crippen LogP contribution in [0.1, 0.15) is 5.69 Å². The highest BCUT2D eigenvalue weighted by Gasteiger charge is 2.34. The van der Waals surface area contributed by atoms with Crippen molar-refractivity contribution >= 4 is 5.82 Å². The predicted octanol–water partition coefficient (Wildman–Crippen LogP) is 1.01. The largest absolute Gasteiger partial charge is 0.435 e. The van der Waals surface area contributed by atoms with E-state index in [4.69, 9.17) is 11.0 Å². The van der Waals surface area contributed by atoms with Crippen LogP contribution in [0, 0.1) is 11.3 Å². The van der Waals surface area contributed by atoms with Crippen molar-refractivity contribution < 1.29 is 13.2 Å². The van der Waals surface area contributed by atoms with Crippen molar-refractivity contribution in [1.29, 1.82) is 5.26 Å². The molecule has 0 aliphatic heterocycles. The average molecular weight is 190 g/mol. The van der Waals surface area contributed by atoms with Gasteiger partial charge >= 0.3 is 6.18 Å². The maximum Gasteiger partial charge on any atom is 0.435 e. The lowest BCUT2D eigenvalue weighted by Crippen LogP contribution is -2.08.